The molecule has 1 fully saturated rings. The van der Waals surface area contributed by atoms with Crippen LogP contribution in [0.4, 0.5) is 0 Å². The van der Waals surface area contributed by atoms with Crippen molar-refractivity contribution in [2.45, 2.75) is 70.5 Å². The first-order valence-electron chi connectivity index (χ1n) is 7.22. The molecule has 1 aliphatic carbocycles. The lowest BCUT2D eigenvalue weighted by Crippen LogP contribution is -2.45. The fraction of sp³-hybridized carbons (Fsp3) is 1.00. The Hall–Kier alpha value is -0.120. The molecule has 0 radical (unpaired) electrons. The summed E-state index contributed by atoms with van der Waals surface area (Å²) in [5.74, 6) is 0.378. The molecule has 0 spiro atoms. The molecule has 1 aliphatic rings. The fourth-order valence-electron chi connectivity index (χ4n) is 2.84. The molecule has 0 bridgehead atoms. The number of rotatable bonds is 7. The Balaban J connectivity index is 2.22. The molecule has 1 atom stereocenters. The van der Waals surface area contributed by atoms with Gasteiger partial charge in [-0.3, -0.25) is 0 Å². The molecule has 102 valence electrons. The summed E-state index contributed by atoms with van der Waals surface area (Å²) < 4.78 is 0. The van der Waals surface area contributed by atoms with Crippen molar-refractivity contribution in [3.05, 3.63) is 0 Å². The number of nitrogens with one attached hydrogen (secondary N) is 1. The number of hydrogen-bond acceptors (Lipinski definition) is 3. The summed E-state index contributed by atoms with van der Waals surface area (Å²) in [6.07, 6.45) is 7.08. The van der Waals surface area contributed by atoms with Crippen LogP contribution in [0, 0.1) is 5.92 Å². The standard InChI is InChI=1S/C14H29NO2/c1-3-12(4-2)13(16)10-15-11-14(17)8-6-5-7-9-14/h12-13,15-17H,3-11H2,1-2H3. The second-order valence-electron chi connectivity index (χ2n) is 5.56. The van der Waals surface area contributed by atoms with Gasteiger partial charge in [0.05, 0.1) is 11.7 Å². The van der Waals surface area contributed by atoms with Gasteiger partial charge in [0.2, 0.25) is 0 Å². The third-order valence-electron chi connectivity index (χ3n) is 4.18. The molecular weight excluding hydrogens is 214 g/mol. The van der Waals surface area contributed by atoms with Gasteiger partial charge in [0.1, 0.15) is 0 Å². The second-order valence-corrected chi connectivity index (χ2v) is 5.56. The van der Waals surface area contributed by atoms with Gasteiger partial charge in [-0.25, -0.2) is 0 Å². The Morgan fingerprint density at radius 1 is 1.12 bits per heavy atom. The van der Waals surface area contributed by atoms with E-state index < -0.39 is 5.60 Å². The fourth-order valence-corrected chi connectivity index (χ4v) is 2.84. The number of hydrogen-bond donors (Lipinski definition) is 3. The van der Waals surface area contributed by atoms with E-state index in [1.807, 2.05) is 0 Å². The average molecular weight is 243 g/mol. The van der Waals surface area contributed by atoms with Crippen LogP contribution in [-0.4, -0.2) is 35.0 Å². The molecule has 3 N–H and O–H groups in total. The van der Waals surface area contributed by atoms with Gasteiger partial charge in [-0.2, -0.15) is 0 Å². The van der Waals surface area contributed by atoms with Crippen LogP contribution in [0.2, 0.25) is 0 Å². The summed E-state index contributed by atoms with van der Waals surface area (Å²) in [6, 6.07) is 0. The molecule has 0 aromatic rings. The lowest BCUT2D eigenvalue weighted by Gasteiger charge is -2.33. The van der Waals surface area contributed by atoms with Crippen LogP contribution in [0.3, 0.4) is 0 Å². The molecule has 17 heavy (non-hydrogen) atoms. The van der Waals surface area contributed by atoms with Gasteiger partial charge >= 0.3 is 0 Å². The molecule has 0 aliphatic heterocycles. The minimum atomic E-state index is -0.522. The van der Waals surface area contributed by atoms with Crippen molar-refractivity contribution in [1.29, 1.82) is 0 Å². The van der Waals surface area contributed by atoms with Crippen LogP contribution in [0.5, 0.6) is 0 Å². The van der Waals surface area contributed by atoms with Crippen molar-refractivity contribution >= 4 is 0 Å². The summed E-state index contributed by atoms with van der Waals surface area (Å²) in [7, 11) is 0. The van der Waals surface area contributed by atoms with E-state index in [0.29, 0.717) is 19.0 Å². The molecule has 0 aromatic carbocycles. The van der Waals surface area contributed by atoms with Crippen molar-refractivity contribution in [3.8, 4) is 0 Å². The highest BCUT2D eigenvalue weighted by atomic mass is 16.3. The van der Waals surface area contributed by atoms with E-state index >= 15 is 0 Å². The molecule has 0 aromatic heterocycles. The van der Waals surface area contributed by atoms with E-state index in [1.165, 1.54) is 6.42 Å². The van der Waals surface area contributed by atoms with Gasteiger partial charge in [0.15, 0.2) is 0 Å². The summed E-state index contributed by atoms with van der Waals surface area (Å²) in [5.41, 5.74) is -0.522. The van der Waals surface area contributed by atoms with Gasteiger partial charge in [0, 0.05) is 13.1 Å². The van der Waals surface area contributed by atoms with Crippen LogP contribution in [0.25, 0.3) is 0 Å². The Kier molecular flexibility index (Phi) is 6.45. The number of aliphatic hydroxyl groups is 2. The van der Waals surface area contributed by atoms with Crippen molar-refractivity contribution in [2.75, 3.05) is 13.1 Å². The third-order valence-corrected chi connectivity index (χ3v) is 4.18. The second kappa shape index (κ2) is 7.34. The molecule has 0 saturated heterocycles. The third kappa shape index (κ3) is 4.94. The largest absolute Gasteiger partial charge is 0.392 e. The van der Waals surface area contributed by atoms with Gasteiger partial charge in [-0.15, -0.1) is 0 Å². The van der Waals surface area contributed by atoms with E-state index in [-0.39, 0.29) is 6.10 Å². The van der Waals surface area contributed by atoms with Crippen molar-refractivity contribution in [3.63, 3.8) is 0 Å². The summed E-state index contributed by atoms with van der Waals surface area (Å²) in [5, 5.41) is 23.5. The van der Waals surface area contributed by atoms with E-state index in [0.717, 1.165) is 38.5 Å². The smallest absolute Gasteiger partial charge is 0.0771 e. The van der Waals surface area contributed by atoms with Crippen LogP contribution < -0.4 is 5.32 Å². The first kappa shape index (κ1) is 14.9. The van der Waals surface area contributed by atoms with Crippen LogP contribution in [0.15, 0.2) is 0 Å². The number of aliphatic hydroxyl groups excluding tert-OH is 1. The van der Waals surface area contributed by atoms with Gasteiger partial charge in [-0.1, -0.05) is 46.0 Å². The Labute approximate surface area is 106 Å². The van der Waals surface area contributed by atoms with Crippen molar-refractivity contribution in [1.82, 2.24) is 5.32 Å². The van der Waals surface area contributed by atoms with Crippen molar-refractivity contribution < 1.29 is 10.2 Å². The zero-order valence-electron chi connectivity index (χ0n) is 11.4. The SMILES string of the molecule is CCC(CC)C(O)CNCC1(O)CCCCC1. The quantitative estimate of drug-likeness (QED) is 0.641. The minimum absolute atomic E-state index is 0.280. The van der Waals surface area contributed by atoms with E-state index in [2.05, 4.69) is 19.2 Å². The van der Waals surface area contributed by atoms with Crippen molar-refractivity contribution in [2.24, 2.45) is 5.92 Å². The Morgan fingerprint density at radius 3 is 2.24 bits per heavy atom. The molecule has 1 unspecified atom stereocenters. The molecule has 0 heterocycles. The minimum Gasteiger partial charge on any atom is -0.392 e. The predicted octanol–water partition coefficient (Wildman–Crippen LogP) is 2.07. The normalized spacial score (nSPS) is 21.7. The monoisotopic (exact) mass is 243 g/mol. The molecule has 3 heteroatoms. The first-order valence-corrected chi connectivity index (χ1v) is 7.22. The molecular formula is C14H29NO2. The molecule has 0 amide bonds. The lowest BCUT2D eigenvalue weighted by atomic mass is 9.85. The molecule has 1 saturated carbocycles. The highest BCUT2D eigenvalue weighted by molar-refractivity contribution is 4.85. The zero-order valence-corrected chi connectivity index (χ0v) is 11.4. The van der Waals surface area contributed by atoms with Crippen LogP contribution in [-0.2, 0) is 0 Å². The maximum atomic E-state index is 10.3. The van der Waals surface area contributed by atoms with Crippen LogP contribution in [0.1, 0.15) is 58.8 Å². The lowest BCUT2D eigenvalue weighted by molar-refractivity contribution is 0.000708. The highest BCUT2D eigenvalue weighted by Gasteiger charge is 2.28. The summed E-state index contributed by atoms with van der Waals surface area (Å²) in [6.45, 7) is 5.47. The first-order chi connectivity index (χ1) is 8.11. The Morgan fingerprint density at radius 2 is 1.71 bits per heavy atom. The summed E-state index contributed by atoms with van der Waals surface area (Å²) >= 11 is 0. The topological polar surface area (TPSA) is 52.5 Å². The van der Waals surface area contributed by atoms with Crippen LogP contribution >= 0.6 is 0 Å². The van der Waals surface area contributed by atoms with Gasteiger partial charge < -0.3 is 15.5 Å². The average Bonchev–Trinajstić information content (AvgIpc) is 2.31. The van der Waals surface area contributed by atoms with Gasteiger partial charge in [0.25, 0.3) is 0 Å². The maximum Gasteiger partial charge on any atom is 0.0771 e. The Bertz CT molecular complexity index is 198. The van der Waals surface area contributed by atoms with E-state index in [1.54, 1.807) is 0 Å². The molecule has 1 rings (SSSR count). The highest BCUT2D eigenvalue weighted by Crippen LogP contribution is 2.27. The predicted molar refractivity (Wildman–Crippen MR) is 71.0 cm³/mol. The van der Waals surface area contributed by atoms with E-state index in [9.17, 15) is 10.2 Å². The van der Waals surface area contributed by atoms with Gasteiger partial charge in [-0.05, 0) is 18.8 Å². The maximum absolute atomic E-state index is 10.3. The summed E-state index contributed by atoms with van der Waals surface area (Å²) in [4.78, 5) is 0. The zero-order chi connectivity index (χ0) is 12.7. The van der Waals surface area contributed by atoms with E-state index in [4.69, 9.17) is 0 Å². The molecule has 3 nitrogen and oxygen atoms in total.